The number of hydrogen-bond donors (Lipinski definition) is 1. The Balaban J connectivity index is 1.59. The van der Waals surface area contributed by atoms with E-state index in [-0.39, 0.29) is 11.9 Å². The highest BCUT2D eigenvalue weighted by Gasteiger charge is 2.22. The Morgan fingerprint density at radius 3 is 2.64 bits per heavy atom. The number of carbonyl (C=O) groups excluding carboxylic acids is 1. The van der Waals surface area contributed by atoms with Crippen LogP contribution in [0.4, 0.5) is 0 Å². The summed E-state index contributed by atoms with van der Waals surface area (Å²) in [7, 11) is 0. The van der Waals surface area contributed by atoms with E-state index in [1.54, 1.807) is 18.3 Å². The number of pyridine rings is 1. The Bertz CT molecular complexity index is 824. The van der Waals surface area contributed by atoms with E-state index >= 15 is 0 Å². The van der Waals surface area contributed by atoms with Crippen LogP contribution in [0.25, 0.3) is 0 Å². The molecule has 28 heavy (non-hydrogen) atoms. The maximum atomic E-state index is 12.8. The fourth-order valence-corrected chi connectivity index (χ4v) is 3.36. The Morgan fingerprint density at radius 1 is 1.25 bits per heavy atom. The molecule has 1 fully saturated rings. The number of nitrogens with zero attached hydrogens (tertiary/aromatic N) is 2. The first-order chi connectivity index (χ1) is 13.5. The van der Waals surface area contributed by atoms with Crippen LogP contribution >= 0.6 is 15.9 Å². The molecule has 0 radical (unpaired) electrons. The molecule has 6 heteroatoms. The van der Waals surface area contributed by atoms with Gasteiger partial charge in [-0.3, -0.25) is 9.69 Å². The van der Waals surface area contributed by atoms with E-state index in [0.29, 0.717) is 17.2 Å². The molecule has 1 N–H and O–H groups in total. The van der Waals surface area contributed by atoms with Gasteiger partial charge in [-0.25, -0.2) is 4.98 Å². The number of halogens is 1. The van der Waals surface area contributed by atoms with Crippen LogP contribution < -0.4 is 10.1 Å². The lowest BCUT2D eigenvalue weighted by molar-refractivity contribution is 0.0911. The maximum Gasteiger partial charge on any atom is 0.257 e. The normalized spacial score (nSPS) is 15.1. The topological polar surface area (TPSA) is 54.5 Å². The van der Waals surface area contributed by atoms with E-state index in [1.807, 2.05) is 24.3 Å². The van der Waals surface area contributed by atoms with Crippen molar-refractivity contribution in [2.45, 2.75) is 32.7 Å². The zero-order valence-corrected chi connectivity index (χ0v) is 17.9. The molecule has 2 heterocycles. The largest absolute Gasteiger partial charge is 0.438 e. The number of aromatic nitrogens is 1. The van der Waals surface area contributed by atoms with Crippen LogP contribution in [0.2, 0.25) is 0 Å². The first kappa shape index (κ1) is 20.6. The Hall–Kier alpha value is -2.18. The minimum Gasteiger partial charge on any atom is -0.438 e. The van der Waals surface area contributed by atoms with Crippen molar-refractivity contribution in [1.29, 1.82) is 0 Å². The molecule has 1 aliphatic rings. The van der Waals surface area contributed by atoms with Crippen molar-refractivity contribution in [2.75, 3.05) is 19.6 Å². The lowest BCUT2D eigenvalue weighted by Crippen LogP contribution is -2.44. The maximum absolute atomic E-state index is 12.8. The number of benzene rings is 1. The molecule has 1 aromatic heterocycles. The van der Waals surface area contributed by atoms with Crippen LogP contribution in [0.5, 0.6) is 11.6 Å². The molecule has 0 aliphatic carbocycles. The zero-order valence-electron chi connectivity index (χ0n) is 16.3. The fraction of sp³-hybridized carbons (Fsp3) is 0.364. The summed E-state index contributed by atoms with van der Waals surface area (Å²) in [5, 5.41) is 3.15. The third kappa shape index (κ3) is 5.91. The van der Waals surface area contributed by atoms with Gasteiger partial charge in [-0.05, 0) is 63.1 Å². The number of nitrogens with one attached hydrogen (secondary N) is 1. The molecule has 3 rings (SSSR count). The first-order valence-corrected chi connectivity index (χ1v) is 10.4. The minimum absolute atomic E-state index is 0.136. The molecule has 1 aromatic carbocycles. The smallest absolute Gasteiger partial charge is 0.257 e. The number of ether oxygens (including phenoxy) is 1. The molecule has 148 valence electrons. The number of carbonyl (C=O) groups is 1. The molecule has 2 aromatic rings. The van der Waals surface area contributed by atoms with E-state index in [9.17, 15) is 4.79 Å². The van der Waals surface area contributed by atoms with Crippen LogP contribution in [0, 0.1) is 0 Å². The van der Waals surface area contributed by atoms with Gasteiger partial charge in [-0.1, -0.05) is 27.6 Å². The third-order valence-corrected chi connectivity index (χ3v) is 5.25. The number of piperidine rings is 1. The second-order valence-corrected chi connectivity index (χ2v) is 8.16. The SMILES string of the molecule is CC(C)=CCN1CCC(NC(=O)c2cccnc2Oc2ccc(Br)cc2)CC1. The predicted molar refractivity (Wildman–Crippen MR) is 115 cm³/mol. The number of likely N-dealkylation sites (tertiary alicyclic amines) is 1. The standard InChI is InChI=1S/C22H26BrN3O2/c1-16(2)9-13-26-14-10-18(11-15-26)25-21(27)20-4-3-12-24-22(20)28-19-7-5-17(23)6-8-19/h3-9,12,18H,10-11,13-15H2,1-2H3,(H,25,27). The number of amides is 1. The third-order valence-electron chi connectivity index (χ3n) is 4.72. The Kier molecular flexibility index (Phi) is 7.23. The average Bonchev–Trinajstić information content (AvgIpc) is 2.69. The van der Waals surface area contributed by atoms with Crippen molar-refractivity contribution >= 4 is 21.8 Å². The lowest BCUT2D eigenvalue weighted by Gasteiger charge is -2.31. The second-order valence-electron chi connectivity index (χ2n) is 7.24. The second kappa shape index (κ2) is 9.85. The van der Waals surface area contributed by atoms with Gasteiger partial charge in [0.1, 0.15) is 11.3 Å². The molecule has 1 saturated heterocycles. The van der Waals surface area contributed by atoms with Gasteiger partial charge in [0, 0.05) is 36.3 Å². The van der Waals surface area contributed by atoms with Crippen molar-refractivity contribution in [3.8, 4) is 11.6 Å². The highest BCUT2D eigenvalue weighted by Crippen LogP contribution is 2.25. The summed E-state index contributed by atoms with van der Waals surface area (Å²) in [6, 6.07) is 11.1. The molecule has 0 atom stereocenters. The molecule has 0 unspecified atom stereocenters. The van der Waals surface area contributed by atoms with Crippen LogP contribution in [0.1, 0.15) is 37.0 Å². The van der Waals surface area contributed by atoms with Gasteiger partial charge in [0.2, 0.25) is 5.88 Å². The summed E-state index contributed by atoms with van der Waals surface area (Å²) in [5.74, 6) is 0.829. The van der Waals surface area contributed by atoms with E-state index in [0.717, 1.165) is 36.9 Å². The fourth-order valence-electron chi connectivity index (χ4n) is 3.09. The minimum atomic E-state index is -0.136. The summed E-state index contributed by atoms with van der Waals surface area (Å²) >= 11 is 3.40. The van der Waals surface area contributed by atoms with Crippen molar-refractivity contribution < 1.29 is 9.53 Å². The molecular weight excluding hydrogens is 418 g/mol. The highest BCUT2D eigenvalue weighted by molar-refractivity contribution is 9.10. The van der Waals surface area contributed by atoms with Crippen molar-refractivity contribution in [1.82, 2.24) is 15.2 Å². The molecule has 1 aliphatic heterocycles. The lowest BCUT2D eigenvalue weighted by atomic mass is 10.0. The van der Waals surface area contributed by atoms with Crippen LogP contribution in [0.3, 0.4) is 0 Å². The predicted octanol–water partition coefficient (Wildman–Crippen LogP) is 4.80. The zero-order chi connectivity index (χ0) is 19.9. The number of hydrogen-bond acceptors (Lipinski definition) is 4. The quantitative estimate of drug-likeness (QED) is 0.651. The molecule has 1 amide bonds. The Morgan fingerprint density at radius 2 is 1.96 bits per heavy atom. The number of allylic oxidation sites excluding steroid dienone is 1. The van der Waals surface area contributed by atoms with Gasteiger partial charge < -0.3 is 10.1 Å². The summed E-state index contributed by atoms with van der Waals surface area (Å²) in [4.78, 5) is 19.5. The van der Waals surface area contributed by atoms with E-state index in [2.05, 4.69) is 51.1 Å². The highest BCUT2D eigenvalue weighted by atomic mass is 79.9. The molecular formula is C22H26BrN3O2. The summed E-state index contributed by atoms with van der Waals surface area (Å²) in [6.07, 6.45) is 5.78. The van der Waals surface area contributed by atoms with E-state index in [4.69, 9.17) is 4.74 Å². The molecule has 5 nitrogen and oxygen atoms in total. The summed E-state index contributed by atoms with van der Waals surface area (Å²) in [5.41, 5.74) is 1.79. The first-order valence-electron chi connectivity index (χ1n) is 9.56. The van der Waals surface area contributed by atoms with Gasteiger partial charge in [0.05, 0.1) is 0 Å². The van der Waals surface area contributed by atoms with Crippen molar-refractivity contribution in [3.05, 3.63) is 64.3 Å². The van der Waals surface area contributed by atoms with Crippen molar-refractivity contribution in [3.63, 3.8) is 0 Å². The molecule has 0 spiro atoms. The van der Waals surface area contributed by atoms with Crippen LogP contribution in [-0.2, 0) is 0 Å². The van der Waals surface area contributed by atoms with Crippen LogP contribution in [-0.4, -0.2) is 41.5 Å². The van der Waals surface area contributed by atoms with Gasteiger partial charge in [-0.2, -0.15) is 0 Å². The van der Waals surface area contributed by atoms with Gasteiger partial charge in [0.25, 0.3) is 5.91 Å². The average molecular weight is 444 g/mol. The van der Waals surface area contributed by atoms with Gasteiger partial charge in [0.15, 0.2) is 0 Å². The van der Waals surface area contributed by atoms with E-state index < -0.39 is 0 Å². The summed E-state index contributed by atoms with van der Waals surface area (Å²) in [6.45, 7) is 7.20. The number of rotatable bonds is 6. The monoisotopic (exact) mass is 443 g/mol. The Labute approximate surface area is 174 Å². The van der Waals surface area contributed by atoms with Crippen LogP contribution in [0.15, 0.2) is 58.7 Å². The van der Waals surface area contributed by atoms with Gasteiger partial charge in [-0.15, -0.1) is 0 Å². The van der Waals surface area contributed by atoms with E-state index in [1.165, 1.54) is 5.57 Å². The van der Waals surface area contributed by atoms with Crippen molar-refractivity contribution in [2.24, 2.45) is 0 Å². The van der Waals surface area contributed by atoms with Gasteiger partial charge >= 0.3 is 0 Å². The summed E-state index contributed by atoms with van der Waals surface area (Å²) < 4.78 is 6.81. The molecule has 0 bridgehead atoms. The molecule has 0 saturated carbocycles.